The van der Waals surface area contributed by atoms with E-state index in [2.05, 4.69) is 32.2 Å². The van der Waals surface area contributed by atoms with Crippen molar-refractivity contribution in [2.45, 2.75) is 38.3 Å². The zero-order valence-corrected chi connectivity index (χ0v) is 16.9. The van der Waals surface area contributed by atoms with Gasteiger partial charge in [0.25, 0.3) is 0 Å². The molecule has 1 aromatic heterocycles. The Bertz CT molecular complexity index is 723. The van der Waals surface area contributed by atoms with E-state index >= 15 is 0 Å². The second-order valence-corrected chi connectivity index (χ2v) is 8.19. The van der Waals surface area contributed by atoms with Crippen LogP contribution in [0.4, 0.5) is 0 Å². The molecule has 154 valence electrons. The summed E-state index contributed by atoms with van der Waals surface area (Å²) >= 11 is 0. The summed E-state index contributed by atoms with van der Waals surface area (Å²) in [4.78, 5) is 5.11. The molecule has 0 saturated carbocycles. The van der Waals surface area contributed by atoms with E-state index in [9.17, 15) is 0 Å². The van der Waals surface area contributed by atoms with Crippen molar-refractivity contribution in [1.29, 1.82) is 0 Å². The summed E-state index contributed by atoms with van der Waals surface area (Å²) in [6.45, 7) is 8.21. The highest BCUT2D eigenvalue weighted by Crippen LogP contribution is 2.22. The van der Waals surface area contributed by atoms with Gasteiger partial charge in [0.2, 0.25) is 0 Å². The first-order valence-corrected chi connectivity index (χ1v) is 10.6. The molecule has 1 atom stereocenters. The van der Waals surface area contributed by atoms with Crippen LogP contribution in [0.25, 0.3) is 11.0 Å². The van der Waals surface area contributed by atoms with Crippen molar-refractivity contribution in [3.05, 3.63) is 23.8 Å². The molecule has 2 aliphatic rings. The molecule has 4 rings (SSSR count). The van der Waals surface area contributed by atoms with E-state index in [-0.39, 0.29) is 0 Å². The van der Waals surface area contributed by atoms with Crippen molar-refractivity contribution < 1.29 is 14.1 Å². The standard InChI is InChI=1S/C21H32N4O3/c1-26-12-10-24-8-6-17(7-9-24)14-25(16-19-3-2-11-27-19)15-18-4-5-20-21(13-18)23-28-22-20/h4-5,13,17,19H,2-3,6-12,14-16H2,1H3. The lowest BCUT2D eigenvalue weighted by Crippen LogP contribution is -2.41. The molecule has 0 aliphatic carbocycles. The Labute approximate surface area is 166 Å². The van der Waals surface area contributed by atoms with Crippen LogP contribution in [0.2, 0.25) is 0 Å². The quantitative estimate of drug-likeness (QED) is 0.654. The average Bonchev–Trinajstić information content (AvgIpc) is 3.39. The minimum atomic E-state index is 0.374. The van der Waals surface area contributed by atoms with Crippen molar-refractivity contribution in [2.24, 2.45) is 5.92 Å². The Hall–Kier alpha value is -1.54. The largest absolute Gasteiger partial charge is 0.383 e. The van der Waals surface area contributed by atoms with Gasteiger partial charge in [-0.1, -0.05) is 6.07 Å². The van der Waals surface area contributed by atoms with Crippen LogP contribution in [0.15, 0.2) is 22.8 Å². The molecule has 0 spiro atoms. The maximum atomic E-state index is 5.93. The van der Waals surface area contributed by atoms with Crippen molar-refractivity contribution in [2.75, 3.05) is 53.0 Å². The van der Waals surface area contributed by atoms with E-state index in [1.165, 1.54) is 44.3 Å². The maximum absolute atomic E-state index is 5.93. The van der Waals surface area contributed by atoms with Crippen molar-refractivity contribution >= 4 is 11.0 Å². The molecule has 7 nitrogen and oxygen atoms in total. The Kier molecular flexibility index (Phi) is 6.90. The molecule has 0 radical (unpaired) electrons. The monoisotopic (exact) mass is 388 g/mol. The lowest BCUT2D eigenvalue weighted by molar-refractivity contribution is 0.0552. The Morgan fingerprint density at radius 1 is 1.14 bits per heavy atom. The molecule has 1 aromatic carbocycles. The summed E-state index contributed by atoms with van der Waals surface area (Å²) in [7, 11) is 1.78. The maximum Gasteiger partial charge on any atom is 0.135 e. The van der Waals surface area contributed by atoms with Gasteiger partial charge in [0, 0.05) is 39.9 Å². The molecule has 2 fully saturated rings. The van der Waals surface area contributed by atoms with Gasteiger partial charge in [-0.25, -0.2) is 4.63 Å². The highest BCUT2D eigenvalue weighted by Gasteiger charge is 2.24. The zero-order chi connectivity index (χ0) is 19.2. The first kappa shape index (κ1) is 19.8. The first-order chi connectivity index (χ1) is 13.8. The highest BCUT2D eigenvalue weighted by atomic mass is 16.6. The average molecular weight is 389 g/mol. The Balaban J connectivity index is 1.36. The van der Waals surface area contributed by atoms with Crippen LogP contribution in [0.1, 0.15) is 31.2 Å². The third-order valence-corrected chi connectivity index (χ3v) is 6.05. The number of benzene rings is 1. The van der Waals surface area contributed by atoms with Crippen LogP contribution in [0, 0.1) is 5.92 Å². The Morgan fingerprint density at radius 3 is 2.79 bits per heavy atom. The molecule has 2 aliphatic heterocycles. The first-order valence-electron chi connectivity index (χ1n) is 10.6. The predicted octanol–water partition coefficient (Wildman–Crippen LogP) is 2.56. The third-order valence-electron chi connectivity index (χ3n) is 6.05. The fourth-order valence-corrected chi connectivity index (χ4v) is 4.44. The third kappa shape index (κ3) is 5.29. The number of ether oxygens (including phenoxy) is 2. The van der Waals surface area contributed by atoms with Gasteiger partial charge in [0.15, 0.2) is 0 Å². The highest BCUT2D eigenvalue weighted by molar-refractivity contribution is 5.73. The van der Waals surface area contributed by atoms with Gasteiger partial charge in [0.1, 0.15) is 11.0 Å². The molecular weight excluding hydrogens is 356 g/mol. The number of piperidine rings is 1. The molecule has 2 aromatic rings. The molecule has 2 saturated heterocycles. The van der Waals surface area contributed by atoms with Crippen LogP contribution < -0.4 is 0 Å². The summed E-state index contributed by atoms with van der Waals surface area (Å²) in [6, 6.07) is 6.24. The van der Waals surface area contributed by atoms with Gasteiger partial charge >= 0.3 is 0 Å². The summed E-state index contributed by atoms with van der Waals surface area (Å²) in [5.74, 6) is 0.748. The SMILES string of the molecule is COCCN1CCC(CN(Cc2ccc3nonc3c2)CC2CCCO2)CC1. The van der Waals surface area contributed by atoms with Gasteiger partial charge in [-0.3, -0.25) is 4.90 Å². The van der Waals surface area contributed by atoms with Crippen LogP contribution in [0.3, 0.4) is 0 Å². The van der Waals surface area contributed by atoms with Crippen LogP contribution in [-0.4, -0.2) is 79.3 Å². The minimum absolute atomic E-state index is 0.374. The van der Waals surface area contributed by atoms with Gasteiger partial charge in [-0.15, -0.1) is 0 Å². The van der Waals surface area contributed by atoms with Crippen LogP contribution >= 0.6 is 0 Å². The molecule has 0 N–H and O–H groups in total. The lowest BCUT2D eigenvalue weighted by Gasteiger charge is -2.35. The molecule has 0 amide bonds. The van der Waals surface area contributed by atoms with Crippen LogP contribution in [-0.2, 0) is 16.0 Å². The van der Waals surface area contributed by atoms with Gasteiger partial charge in [-0.2, -0.15) is 0 Å². The molecular formula is C21H32N4O3. The second-order valence-electron chi connectivity index (χ2n) is 8.19. The summed E-state index contributed by atoms with van der Waals surface area (Å²) in [6.07, 6.45) is 5.26. The van der Waals surface area contributed by atoms with E-state index < -0.39 is 0 Å². The summed E-state index contributed by atoms with van der Waals surface area (Å²) < 4.78 is 16.0. The molecule has 7 heteroatoms. The van der Waals surface area contributed by atoms with E-state index in [1.807, 2.05) is 6.07 Å². The number of likely N-dealkylation sites (tertiary alicyclic amines) is 1. The van der Waals surface area contributed by atoms with Gasteiger partial charge < -0.3 is 14.4 Å². The summed E-state index contributed by atoms with van der Waals surface area (Å²) in [5.41, 5.74) is 2.91. The fourth-order valence-electron chi connectivity index (χ4n) is 4.44. The van der Waals surface area contributed by atoms with E-state index in [0.29, 0.717) is 6.10 Å². The Morgan fingerprint density at radius 2 is 2.00 bits per heavy atom. The molecule has 28 heavy (non-hydrogen) atoms. The number of aromatic nitrogens is 2. The smallest absolute Gasteiger partial charge is 0.135 e. The van der Waals surface area contributed by atoms with E-state index in [0.717, 1.165) is 56.3 Å². The fraction of sp³-hybridized carbons (Fsp3) is 0.714. The van der Waals surface area contributed by atoms with Gasteiger partial charge in [0.05, 0.1) is 12.7 Å². The van der Waals surface area contributed by atoms with Crippen molar-refractivity contribution in [3.63, 3.8) is 0 Å². The number of fused-ring (bicyclic) bond motifs is 1. The predicted molar refractivity (Wildman–Crippen MR) is 107 cm³/mol. The second kappa shape index (κ2) is 9.78. The van der Waals surface area contributed by atoms with Crippen molar-refractivity contribution in [1.82, 2.24) is 20.1 Å². The van der Waals surface area contributed by atoms with E-state index in [1.54, 1.807) is 7.11 Å². The van der Waals surface area contributed by atoms with Crippen LogP contribution in [0.5, 0.6) is 0 Å². The minimum Gasteiger partial charge on any atom is -0.383 e. The summed E-state index contributed by atoms with van der Waals surface area (Å²) in [5, 5.41) is 7.90. The zero-order valence-electron chi connectivity index (χ0n) is 16.9. The number of rotatable bonds is 9. The number of hydrogen-bond acceptors (Lipinski definition) is 7. The van der Waals surface area contributed by atoms with E-state index in [4.69, 9.17) is 14.1 Å². The molecule has 3 heterocycles. The lowest BCUT2D eigenvalue weighted by atomic mass is 9.95. The molecule has 0 bridgehead atoms. The molecule has 1 unspecified atom stereocenters. The van der Waals surface area contributed by atoms with Crippen molar-refractivity contribution in [3.8, 4) is 0 Å². The number of hydrogen-bond donors (Lipinski definition) is 0. The number of methoxy groups -OCH3 is 1. The number of nitrogens with zero attached hydrogens (tertiary/aromatic N) is 4. The topological polar surface area (TPSA) is 63.9 Å². The van der Waals surface area contributed by atoms with Gasteiger partial charge in [-0.05, 0) is 72.7 Å². The normalized spacial score (nSPS) is 21.9.